The number of amides is 1. The maximum absolute atomic E-state index is 11.2. The van der Waals surface area contributed by atoms with Gasteiger partial charge >= 0.3 is 11.9 Å². The summed E-state index contributed by atoms with van der Waals surface area (Å²) in [6.45, 7) is 3.63. The molecule has 0 aliphatic heterocycles. The van der Waals surface area contributed by atoms with E-state index in [1.54, 1.807) is 25.1 Å². The van der Waals surface area contributed by atoms with E-state index in [-0.39, 0.29) is 6.61 Å². The Hall–Kier alpha value is -2.24. The Morgan fingerprint density at radius 2 is 2.12 bits per heavy atom. The molecule has 0 saturated carbocycles. The Kier molecular flexibility index (Phi) is 4.33. The summed E-state index contributed by atoms with van der Waals surface area (Å²) in [6, 6.07) is 5.14. The molecule has 0 aliphatic carbocycles. The van der Waals surface area contributed by atoms with Crippen molar-refractivity contribution < 1.29 is 14.3 Å². The molecule has 1 aromatic rings. The van der Waals surface area contributed by atoms with E-state index in [9.17, 15) is 9.59 Å². The van der Waals surface area contributed by atoms with Crippen molar-refractivity contribution in [1.82, 2.24) is 5.43 Å². The van der Waals surface area contributed by atoms with Crippen LogP contribution in [0.25, 0.3) is 0 Å². The van der Waals surface area contributed by atoms with E-state index in [2.05, 4.69) is 15.6 Å². The Morgan fingerprint density at radius 1 is 1.41 bits per heavy atom. The van der Waals surface area contributed by atoms with Gasteiger partial charge in [-0.15, -0.1) is 0 Å². The zero-order chi connectivity index (χ0) is 12.8. The van der Waals surface area contributed by atoms with Crippen molar-refractivity contribution in [2.24, 2.45) is 0 Å². The molecule has 0 aliphatic rings. The highest BCUT2D eigenvalue weighted by atomic mass is 16.5. The molecule has 92 valence electrons. The number of rotatable bonds is 3. The second-order valence-corrected chi connectivity index (χ2v) is 3.37. The first kappa shape index (κ1) is 12.8. The smallest absolute Gasteiger partial charge is 0.398 e. The third-order valence-corrected chi connectivity index (χ3v) is 2.05. The normalized spacial score (nSPS) is 9.53. The van der Waals surface area contributed by atoms with Crippen LogP contribution in [-0.4, -0.2) is 18.5 Å². The predicted octanol–water partition coefficient (Wildman–Crippen LogP) is 0.583. The third kappa shape index (κ3) is 3.67. The molecule has 6 heteroatoms. The van der Waals surface area contributed by atoms with Crippen LogP contribution >= 0.6 is 0 Å². The number of benzene rings is 1. The van der Waals surface area contributed by atoms with E-state index in [0.717, 1.165) is 5.56 Å². The van der Waals surface area contributed by atoms with E-state index in [1.807, 2.05) is 6.92 Å². The molecule has 6 nitrogen and oxygen atoms in total. The minimum Gasteiger partial charge on any atom is -0.459 e. The summed E-state index contributed by atoms with van der Waals surface area (Å²) >= 11 is 0. The van der Waals surface area contributed by atoms with Crippen LogP contribution in [0.4, 0.5) is 11.4 Å². The van der Waals surface area contributed by atoms with Crippen LogP contribution in [0, 0.1) is 6.92 Å². The van der Waals surface area contributed by atoms with Crippen molar-refractivity contribution in [3.63, 3.8) is 0 Å². The van der Waals surface area contributed by atoms with E-state index >= 15 is 0 Å². The van der Waals surface area contributed by atoms with Gasteiger partial charge in [0.15, 0.2) is 0 Å². The Morgan fingerprint density at radius 3 is 2.71 bits per heavy atom. The minimum absolute atomic E-state index is 0.160. The second-order valence-electron chi connectivity index (χ2n) is 3.37. The highest BCUT2D eigenvalue weighted by molar-refractivity contribution is 6.32. The third-order valence-electron chi connectivity index (χ3n) is 2.05. The van der Waals surface area contributed by atoms with Crippen LogP contribution in [0.5, 0.6) is 0 Å². The van der Waals surface area contributed by atoms with Crippen LogP contribution < -0.4 is 16.6 Å². The van der Waals surface area contributed by atoms with Gasteiger partial charge in [-0.2, -0.15) is 0 Å². The Labute approximate surface area is 99.1 Å². The SMILES string of the molecule is CCOC(=O)C(=O)NNc1ccc(N)c(C)c1. The van der Waals surface area contributed by atoms with E-state index in [0.29, 0.717) is 11.4 Å². The first-order valence-corrected chi connectivity index (χ1v) is 5.13. The van der Waals surface area contributed by atoms with Crippen molar-refractivity contribution in [2.75, 3.05) is 17.8 Å². The lowest BCUT2D eigenvalue weighted by Gasteiger charge is -2.09. The number of aryl methyl sites for hydroxylation is 1. The molecule has 17 heavy (non-hydrogen) atoms. The molecule has 0 radical (unpaired) electrons. The monoisotopic (exact) mass is 237 g/mol. The molecule has 0 aromatic heterocycles. The number of carbonyl (C=O) groups excluding carboxylic acids is 2. The lowest BCUT2D eigenvalue weighted by atomic mass is 10.2. The molecule has 0 saturated heterocycles. The number of hydrogen-bond acceptors (Lipinski definition) is 5. The van der Waals surface area contributed by atoms with Gasteiger partial charge in [0.2, 0.25) is 0 Å². The number of carbonyl (C=O) groups is 2. The maximum Gasteiger partial charge on any atom is 0.398 e. The van der Waals surface area contributed by atoms with E-state index in [1.165, 1.54) is 0 Å². The van der Waals surface area contributed by atoms with Crippen molar-refractivity contribution in [1.29, 1.82) is 0 Å². The minimum atomic E-state index is -0.924. The molecule has 1 amide bonds. The lowest BCUT2D eigenvalue weighted by Crippen LogP contribution is -2.36. The van der Waals surface area contributed by atoms with Gasteiger partial charge < -0.3 is 10.5 Å². The summed E-state index contributed by atoms with van der Waals surface area (Å²) in [4.78, 5) is 22.2. The van der Waals surface area contributed by atoms with Crippen LogP contribution in [-0.2, 0) is 14.3 Å². The fourth-order valence-electron chi connectivity index (χ4n) is 1.13. The number of nitrogens with one attached hydrogen (secondary N) is 2. The van der Waals surface area contributed by atoms with Crippen molar-refractivity contribution in [3.8, 4) is 0 Å². The van der Waals surface area contributed by atoms with Gasteiger partial charge in [-0.1, -0.05) is 0 Å². The molecular weight excluding hydrogens is 222 g/mol. The molecule has 4 N–H and O–H groups in total. The standard InChI is InChI=1S/C11H15N3O3/c1-3-17-11(16)10(15)14-13-8-4-5-9(12)7(2)6-8/h4-6,13H,3,12H2,1-2H3,(H,14,15). The van der Waals surface area contributed by atoms with Gasteiger partial charge in [0.05, 0.1) is 12.3 Å². The zero-order valence-electron chi connectivity index (χ0n) is 9.74. The average Bonchev–Trinajstić information content (AvgIpc) is 2.30. The number of nitrogen functional groups attached to an aromatic ring is 1. The summed E-state index contributed by atoms with van der Waals surface area (Å²) in [6.07, 6.45) is 0. The zero-order valence-corrected chi connectivity index (χ0v) is 9.74. The van der Waals surface area contributed by atoms with Gasteiger partial charge in [-0.3, -0.25) is 15.6 Å². The molecule has 0 bridgehead atoms. The van der Waals surface area contributed by atoms with E-state index < -0.39 is 11.9 Å². The van der Waals surface area contributed by atoms with Crippen molar-refractivity contribution in [2.45, 2.75) is 13.8 Å². The van der Waals surface area contributed by atoms with Crippen LogP contribution in [0.15, 0.2) is 18.2 Å². The molecule has 0 fully saturated rings. The first-order valence-electron chi connectivity index (χ1n) is 5.13. The molecular formula is C11H15N3O3. The van der Waals surface area contributed by atoms with Crippen LogP contribution in [0.2, 0.25) is 0 Å². The number of anilines is 2. The summed E-state index contributed by atoms with van der Waals surface area (Å²) in [5, 5.41) is 0. The number of ether oxygens (including phenoxy) is 1. The van der Waals surface area contributed by atoms with Gasteiger partial charge in [0, 0.05) is 5.69 Å². The molecule has 0 spiro atoms. The topological polar surface area (TPSA) is 93.5 Å². The second kappa shape index (κ2) is 5.74. The lowest BCUT2D eigenvalue weighted by molar-refractivity contribution is -0.154. The van der Waals surface area contributed by atoms with Crippen molar-refractivity contribution >= 4 is 23.3 Å². The number of hydrogen-bond donors (Lipinski definition) is 3. The summed E-state index contributed by atoms with van der Waals surface area (Å²) in [5.41, 5.74) is 12.6. The Bertz CT molecular complexity index is 432. The number of nitrogens with two attached hydrogens (primary N) is 1. The van der Waals surface area contributed by atoms with E-state index in [4.69, 9.17) is 5.73 Å². The fourth-order valence-corrected chi connectivity index (χ4v) is 1.13. The fraction of sp³-hybridized carbons (Fsp3) is 0.273. The first-order chi connectivity index (χ1) is 8.04. The molecule has 0 heterocycles. The van der Waals surface area contributed by atoms with Crippen LogP contribution in [0.1, 0.15) is 12.5 Å². The summed E-state index contributed by atoms with van der Waals surface area (Å²) < 4.78 is 4.52. The highest BCUT2D eigenvalue weighted by Crippen LogP contribution is 2.15. The summed E-state index contributed by atoms with van der Waals surface area (Å²) in [5.74, 6) is -1.77. The summed E-state index contributed by atoms with van der Waals surface area (Å²) in [7, 11) is 0. The van der Waals surface area contributed by atoms with Crippen LogP contribution in [0.3, 0.4) is 0 Å². The van der Waals surface area contributed by atoms with Crippen molar-refractivity contribution in [3.05, 3.63) is 23.8 Å². The molecule has 0 unspecified atom stereocenters. The Balaban J connectivity index is 2.53. The molecule has 0 atom stereocenters. The predicted molar refractivity (Wildman–Crippen MR) is 64.0 cm³/mol. The number of esters is 1. The quantitative estimate of drug-likeness (QED) is 0.309. The van der Waals surface area contributed by atoms with Gasteiger partial charge in [-0.25, -0.2) is 4.79 Å². The highest BCUT2D eigenvalue weighted by Gasteiger charge is 2.13. The van der Waals surface area contributed by atoms with Gasteiger partial charge in [0.1, 0.15) is 0 Å². The average molecular weight is 237 g/mol. The molecule has 1 rings (SSSR count). The molecule has 1 aromatic carbocycles. The maximum atomic E-state index is 11.2. The van der Waals surface area contributed by atoms with Gasteiger partial charge in [0.25, 0.3) is 0 Å². The largest absolute Gasteiger partial charge is 0.459 e. The van der Waals surface area contributed by atoms with Gasteiger partial charge in [-0.05, 0) is 37.6 Å². The number of hydrazine groups is 1.